The van der Waals surface area contributed by atoms with Gasteiger partial charge in [-0.15, -0.1) is 0 Å². The Morgan fingerprint density at radius 1 is 0.879 bits per heavy atom. The summed E-state index contributed by atoms with van der Waals surface area (Å²) < 4.78 is 5.41. The fraction of sp³-hybridized carbons (Fsp3) is 0. The molecule has 0 radical (unpaired) electrons. The molecule has 33 heavy (non-hydrogen) atoms. The van der Waals surface area contributed by atoms with Gasteiger partial charge < -0.3 is 15.3 Å². The molecule has 0 bridgehead atoms. The summed E-state index contributed by atoms with van der Waals surface area (Å²) in [6, 6.07) is 23.1. The summed E-state index contributed by atoms with van der Waals surface area (Å²) in [7, 11) is 0. The highest BCUT2D eigenvalue weighted by molar-refractivity contribution is 6.31. The van der Waals surface area contributed by atoms with Crippen LogP contribution in [0.25, 0.3) is 33.1 Å². The maximum atomic E-state index is 12.2. The summed E-state index contributed by atoms with van der Waals surface area (Å²) in [6.45, 7) is 0. The highest BCUT2D eigenvalue weighted by Crippen LogP contribution is 2.28. The molecule has 0 aliphatic heterocycles. The van der Waals surface area contributed by atoms with Gasteiger partial charge in [-0.05, 0) is 53.2 Å². The lowest BCUT2D eigenvalue weighted by molar-refractivity contribution is 0.0698. The maximum Gasteiger partial charge on any atom is 0.347 e. The van der Waals surface area contributed by atoms with Crippen LogP contribution in [0.4, 0.5) is 5.69 Å². The molecule has 0 fully saturated rings. The van der Waals surface area contributed by atoms with E-state index in [4.69, 9.17) is 38.5 Å². The van der Waals surface area contributed by atoms with Crippen molar-refractivity contribution in [2.45, 2.75) is 0 Å². The van der Waals surface area contributed by atoms with Crippen molar-refractivity contribution in [1.82, 2.24) is 4.98 Å². The Kier molecular flexibility index (Phi) is 6.31. The van der Waals surface area contributed by atoms with Crippen molar-refractivity contribution >= 4 is 56.5 Å². The Balaban J connectivity index is 0.000000200. The maximum absolute atomic E-state index is 12.2. The van der Waals surface area contributed by atoms with Crippen LogP contribution in [0.15, 0.2) is 88.1 Å². The van der Waals surface area contributed by atoms with Crippen molar-refractivity contribution in [3.05, 3.63) is 105 Å². The average Bonchev–Trinajstić information content (AvgIpc) is 2.81. The molecule has 0 aliphatic rings. The lowest BCUT2D eigenvalue weighted by atomic mass is 10.0. The van der Waals surface area contributed by atoms with Crippen molar-refractivity contribution in [2.24, 2.45) is 0 Å². The molecule has 0 atom stereocenters. The second-order valence-corrected chi connectivity index (χ2v) is 7.90. The van der Waals surface area contributed by atoms with Gasteiger partial charge in [0.25, 0.3) is 0 Å². The van der Waals surface area contributed by atoms with Gasteiger partial charge in [0.15, 0.2) is 0 Å². The van der Waals surface area contributed by atoms with Gasteiger partial charge in [0.05, 0.1) is 16.5 Å². The van der Waals surface area contributed by atoms with Gasteiger partial charge >= 0.3 is 11.6 Å². The molecule has 1 aromatic heterocycles. The van der Waals surface area contributed by atoms with Crippen LogP contribution in [0.3, 0.4) is 0 Å². The molecule has 0 amide bonds. The third kappa shape index (κ3) is 4.82. The summed E-state index contributed by atoms with van der Waals surface area (Å²) in [5.41, 5.74) is 6.55. The second kappa shape index (κ2) is 9.32. The molecular formula is C25H16Cl2N2O4. The number of halogens is 2. The number of rotatable bonds is 2. The zero-order valence-corrected chi connectivity index (χ0v) is 18.5. The van der Waals surface area contributed by atoms with Crippen LogP contribution in [-0.2, 0) is 0 Å². The monoisotopic (exact) mass is 478 g/mol. The van der Waals surface area contributed by atoms with Gasteiger partial charge in [0.2, 0.25) is 5.89 Å². The van der Waals surface area contributed by atoms with Crippen molar-refractivity contribution in [3.63, 3.8) is 0 Å². The smallest absolute Gasteiger partial charge is 0.347 e. The van der Waals surface area contributed by atoms with E-state index >= 15 is 0 Å². The zero-order chi connectivity index (χ0) is 23.5. The lowest BCUT2D eigenvalue weighted by Gasteiger charge is -2.05. The van der Waals surface area contributed by atoms with Crippen molar-refractivity contribution in [3.8, 4) is 11.5 Å². The van der Waals surface area contributed by atoms with Crippen LogP contribution in [0.2, 0.25) is 10.0 Å². The zero-order valence-electron chi connectivity index (χ0n) is 17.0. The molecule has 164 valence electrons. The van der Waals surface area contributed by atoms with Gasteiger partial charge in [-0.25, -0.2) is 14.6 Å². The fourth-order valence-electron chi connectivity index (χ4n) is 3.29. The first-order valence-corrected chi connectivity index (χ1v) is 10.5. The largest absolute Gasteiger partial charge is 0.478 e. The lowest BCUT2D eigenvalue weighted by Crippen LogP contribution is -2.03. The number of anilines is 1. The molecule has 0 unspecified atom stereocenters. The average molecular weight is 479 g/mol. The number of aromatic carboxylic acids is 1. The Hall–Kier alpha value is -3.87. The van der Waals surface area contributed by atoms with Crippen LogP contribution in [-0.4, -0.2) is 16.1 Å². The minimum atomic E-state index is -1.06. The first-order chi connectivity index (χ1) is 15.8. The quantitative estimate of drug-likeness (QED) is 0.289. The van der Waals surface area contributed by atoms with Crippen LogP contribution < -0.4 is 11.4 Å². The summed E-state index contributed by atoms with van der Waals surface area (Å²) in [4.78, 5) is 27.1. The highest BCUT2D eigenvalue weighted by atomic mass is 35.5. The molecule has 0 saturated carbocycles. The van der Waals surface area contributed by atoms with E-state index in [2.05, 4.69) is 4.98 Å². The first kappa shape index (κ1) is 22.3. The standard InChI is InChI=1S/C18H10ClNO2.C7H6ClNO2/c19-12-8-9-16-15(10-12)18(21)22-17(20-16)14-7-3-5-11-4-1-2-6-13(11)14;8-4-1-2-6(9)5(3-4)7(10)11/h1-10H;1-3H,9H2,(H,10,11). The van der Waals surface area contributed by atoms with Gasteiger partial charge in [0, 0.05) is 21.3 Å². The van der Waals surface area contributed by atoms with Gasteiger partial charge in [-0.2, -0.15) is 0 Å². The van der Waals surface area contributed by atoms with E-state index in [1.807, 2.05) is 42.5 Å². The topological polar surface area (TPSA) is 106 Å². The summed E-state index contributed by atoms with van der Waals surface area (Å²) >= 11 is 11.5. The van der Waals surface area contributed by atoms with E-state index < -0.39 is 11.6 Å². The van der Waals surface area contributed by atoms with Gasteiger partial charge in [-0.1, -0.05) is 59.6 Å². The number of hydrogen-bond donors (Lipinski definition) is 2. The third-order valence-electron chi connectivity index (χ3n) is 4.86. The van der Waals surface area contributed by atoms with E-state index in [-0.39, 0.29) is 11.3 Å². The van der Waals surface area contributed by atoms with E-state index in [0.29, 0.717) is 26.8 Å². The fourth-order valence-corrected chi connectivity index (χ4v) is 3.63. The molecule has 5 aromatic rings. The number of fused-ring (bicyclic) bond motifs is 2. The Morgan fingerprint density at radius 3 is 2.33 bits per heavy atom. The molecule has 5 rings (SSSR count). The molecule has 0 spiro atoms. The Bertz CT molecular complexity index is 1560. The number of aromatic nitrogens is 1. The number of nitrogen functional groups attached to an aromatic ring is 1. The predicted molar refractivity (Wildman–Crippen MR) is 131 cm³/mol. The molecule has 4 aromatic carbocycles. The molecule has 0 aliphatic carbocycles. The Labute approximate surface area is 197 Å². The van der Waals surface area contributed by atoms with Crippen molar-refractivity contribution in [1.29, 1.82) is 0 Å². The van der Waals surface area contributed by atoms with E-state index in [1.165, 1.54) is 12.1 Å². The molecular weight excluding hydrogens is 463 g/mol. The van der Waals surface area contributed by atoms with Gasteiger partial charge in [-0.3, -0.25) is 0 Å². The third-order valence-corrected chi connectivity index (χ3v) is 5.33. The molecule has 1 heterocycles. The van der Waals surface area contributed by atoms with Crippen molar-refractivity contribution in [2.75, 3.05) is 5.73 Å². The van der Waals surface area contributed by atoms with E-state index in [9.17, 15) is 9.59 Å². The number of carboxylic acids is 1. The van der Waals surface area contributed by atoms with Crippen LogP contribution >= 0.6 is 23.2 Å². The summed E-state index contributed by atoms with van der Waals surface area (Å²) in [5, 5.41) is 11.9. The normalized spacial score (nSPS) is 10.6. The number of nitrogens with zero attached hydrogens (tertiary/aromatic N) is 1. The van der Waals surface area contributed by atoms with Crippen LogP contribution in [0.1, 0.15) is 10.4 Å². The van der Waals surface area contributed by atoms with Crippen LogP contribution in [0.5, 0.6) is 0 Å². The van der Waals surface area contributed by atoms with E-state index in [1.54, 1.807) is 24.3 Å². The number of carbonyl (C=O) groups is 1. The number of nitrogens with two attached hydrogens (primary N) is 1. The minimum absolute atomic E-state index is 0.0394. The number of benzene rings is 4. The van der Waals surface area contributed by atoms with Crippen molar-refractivity contribution < 1.29 is 14.3 Å². The molecule has 8 heteroatoms. The number of hydrogen-bond acceptors (Lipinski definition) is 5. The minimum Gasteiger partial charge on any atom is -0.478 e. The number of carboxylic acid groups (broad SMARTS) is 1. The molecule has 0 saturated heterocycles. The SMILES string of the molecule is Nc1ccc(Cl)cc1C(=O)O.O=c1oc(-c2cccc3ccccc23)nc2ccc(Cl)cc12. The van der Waals surface area contributed by atoms with Gasteiger partial charge in [0.1, 0.15) is 0 Å². The van der Waals surface area contributed by atoms with E-state index in [0.717, 1.165) is 16.3 Å². The summed E-state index contributed by atoms with van der Waals surface area (Å²) in [5.74, 6) is -0.748. The predicted octanol–water partition coefficient (Wildman–Crippen LogP) is 6.28. The highest BCUT2D eigenvalue weighted by Gasteiger charge is 2.11. The molecule has 6 nitrogen and oxygen atoms in total. The Morgan fingerprint density at radius 2 is 1.58 bits per heavy atom. The first-order valence-electron chi connectivity index (χ1n) is 9.70. The molecule has 3 N–H and O–H groups in total. The second-order valence-electron chi connectivity index (χ2n) is 7.03. The summed E-state index contributed by atoms with van der Waals surface area (Å²) in [6.07, 6.45) is 0. The van der Waals surface area contributed by atoms with Crippen LogP contribution in [0, 0.1) is 0 Å².